The van der Waals surface area contributed by atoms with E-state index < -0.39 is 0 Å². The molecule has 0 unspecified atom stereocenters. The Morgan fingerprint density at radius 2 is 1.71 bits per heavy atom. The largest absolute Gasteiger partial charge is 0.209 e. The average molecular weight is 359 g/mol. The number of nitrogens with zero attached hydrogens (tertiary/aromatic N) is 4. The molecule has 0 amide bonds. The summed E-state index contributed by atoms with van der Waals surface area (Å²) >= 11 is 7.72. The lowest BCUT2D eigenvalue weighted by molar-refractivity contribution is 0.776. The van der Waals surface area contributed by atoms with Crippen molar-refractivity contribution in [2.75, 3.05) is 0 Å². The monoisotopic (exact) mass is 358 g/mol. The third-order valence-corrected chi connectivity index (χ3v) is 3.66. The molecule has 0 saturated heterocycles. The molecule has 0 aliphatic rings. The van der Waals surface area contributed by atoms with Crippen LogP contribution in [0.5, 0.6) is 0 Å². The van der Waals surface area contributed by atoms with Crippen molar-refractivity contribution in [3.05, 3.63) is 64.6 Å². The average Bonchev–Trinajstić information content (AvgIpc) is 2.88. The summed E-state index contributed by atoms with van der Waals surface area (Å²) in [5, 5.41) is 13.0. The fourth-order valence-corrected chi connectivity index (χ4v) is 2.28. The normalized spacial score (nSPS) is 11.1. The molecule has 0 spiro atoms. The van der Waals surface area contributed by atoms with Crippen molar-refractivity contribution in [1.29, 1.82) is 0 Å². The minimum Gasteiger partial charge on any atom is -0.187 e. The number of thiol groups is 1. The van der Waals surface area contributed by atoms with E-state index in [0.29, 0.717) is 11.0 Å². The Hall–Kier alpha value is -1.92. The maximum atomic E-state index is 4.41. The number of aromatic nitrogens is 3. The number of halogens is 1. The highest BCUT2D eigenvalue weighted by molar-refractivity contribution is 9.10. The highest BCUT2D eigenvalue weighted by atomic mass is 79.9. The molecule has 3 rings (SSSR count). The molecule has 1 heterocycles. The highest BCUT2D eigenvalue weighted by Crippen LogP contribution is 2.22. The van der Waals surface area contributed by atoms with E-state index in [0.717, 1.165) is 15.6 Å². The summed E-state index contributed by atoms with van der Waals surface area (Å²) in [6, 6.07) is 17.7. The van der Waals surface area contributed by atoms with Crippen molar-refractivity contribution < 1.29 is 0 Å². The molecule has 2 aromatic carbocycles. The number of benzene rings is 2. The Kier molecular flexibility index (Phi) is 4.17. The van der Waals surface area contributed by atoms with Crippen molar-refractivity contribution in [3.8, 4) is 11.4 Å². The first-order valence-corrected chi connectivity index (χ1v) is 7.48. The molecule has 4 nitrogen and oxygen atoms in total. The van der Waals surface area contributed by atoms with Gasteiger partial charge in [-0.25, -0.2) is 0 Å². The Labute approximate surface area is 136 Å². The van der Waals surface area contributed by atoms with Gasteiger partial charge in [0.2, 0.25) is 5.16 Å². The van der Waals surface area contributed by atoms with Gasteiger partial charge in [0.05, 0.1) is 6.21 Å². The lowest BCUT2D eigenvalue weighted by atomic mass is 10.2. The summed E-state index contributed by atoms with van der Waals surface area (Å²) in [6.45, 7) is 0. The van der Waals surface area contributed by atoms with E-state index in [9.17, 15) is 0 Å². The predicted molar refractivity (Wildman–Crippen MR) is 89.8 cm³/mol. The van der Waals surface area contributed by atoms with E-state index in [-0.39, 0.29) is 0 Å². The molecule has 1 aromatic heterocycles. The molecule has 21 heavy (non-hydrogen) atoms. The Bertz CT molecular complexity index is 766. The summed E-state index contributed by atoms with van der Waals surface area (Å²) in [6.07, 6.45) is 1.76. The summed E-state index contributed by atoms with van der Waals surface area (Å²) in [5.74, 6) is 0.652. The molecule has 0 radical (unpaired) electrons. The van der Waals surface area contributed by atoms with Crippen molar-refractivity contribution >= 4 is 34.8 Å². The van der Waals surface area contributed by atoms with Crippen LogP contribution in [0.25, 0.3) is 11.4 Å². The van der Waals surface area contributed by atoms with Crippen LogP contribution in [-0.4, -0.2) is 21.1 Å². The second kappa shape index (κ2) is 6.24. The van der Waals surface area contributed by atoms with Gasteiger partial charge in [-0.05, 0) is 17.7 Å². The van der Waals surface area contributed by atoms with Crippen LogP contribution in [0.3, 0.4) is 0 Å². The molecule has 0 N–H and O–H groups in total. The molecule has 6 heteroatoms. The smallest absolute Gasteiger partial charge is 0.187 e. The number of hydrogen-bond acceptors (Lipinski definition) is 4. The number of hydrogen-bond donors (Lipinski definition) is 1. The van der Waals surface area contributed by atoms with Gasteiger partial charge in [0.25, 0.3) is 0 Å². The van der Waals surface area contributed by atoms with Crippen LogP contribution in [0.1, 0.15) is 5.56 Å². The Balaban J connectivity index is 1.98. The van der Waals surface area contributed by atoms with Crippen LogP contribution in [-0.2, 0) is 0 Å². The van der Waals surface area contributed by atoms with Gasteiger partial charge in [-0.15, -0.1) is 22.8 Å². The van der Waals surface area contributed by atoms with Crippen molar-refractivity contribution in [1.82, 2.24) is 14.9 Å². The van der Waals surface area contributed by atoms with Crippen LogP contribution in [0, 0.1) is 0 Å². The van der Waals surface area contributed by atoms with E-state index in [1.807, 2.05) is 54.6 Å². The van der Waals surface area contributed by atoms with E-state index >= 15 is 0 Å². The summed E-state index contributed by atoms with van der Waals surface area (Å²) in [7, 11) is 0. The molecule has 3 aromatic rings. The van der Waals surface area contributed by atoms with Crippen LogP contribution >= 0.6 is 28.6 Å². The topological polar surface area (TPSA) is 43.1 Å². The quantitative estimate of drug-likeness (QED) is 0.570. The van der Waals surface area contributed by atoms with Crippen molar-refractivity contribution in [3.63, 3.8) is 0 Å². The molecule has 0 aliphatic heterocycles. The van der Waals surface area contributed by atoms with Crippen molar-refractivity contribution in [2.45, 2.75) is 5.16 Å². The lowest BCUT2D eigenvalue weighted by Gasteiger charge is -2.02. The lowest BCUT2D eigenvalue weighted by Crippen LogP contribution is -1.95. The van der Waals surface area contributed by atoms with Crippen LogP contribution in [0.4, 0.5) is 0 Å². The fraction of sp³-hybridized carbons (Fsp3) is 0. The summed E-state index contributed by atoms with van der Waals surface area (Å²) in [4.78, 5) is 0. The first-order chi connectivity index (χ1) is 10.2. The van der Waals surface area contributed by atoms with E-state index in [1.54, 1.807) is 10.9 Å². The van der Waals surface area contributed by atoms with Gasteiger partial charge in [0.15, 0.2) is 5.82 Å². The fourth-order valence-electron chi connectivity index (χ4n) is 1.82. The minimum absolute atomic E-state index is 0.445. The summed E-state index contributed by atoms with van der Waals surface area (Å²) < 4.78 is 2.62. The standard InChI is InChI=1S/C15H11BrN4S/c16-13-8-6-12(7-9-13)14-18-19-15(21)20(14)17-10-11-4-2-1-3-5-11/h1-10H,(H,19,21)/b17-10+. The third kappa shape index (κ3) is 3.22. The van der Waals surface area contributed by atoms with Crippen LogP contribution < -0.4 is 0 Å². The Morgan fingerprint density at radius 1 is 1.00 bits per heavy atom. The molecular formula is C15H11BrN4S. The van der Waals surface area contributed by atoms with Crippen LogP contribution in [0.15, 0.2) is 69.3 Å². The third-order valence-electron chi connectivity index (χ3n) is 2.85. The zero-order valence-corrected chi connectivity index (χ0v) is 13.4. The van der Waals surface area contributed by atoms with Gasteiger partial charge in [-0.2, -0.15) is 9.78 Å². The predicted octanol–water partition coefficient (Wildman–Crippen LogP) is 3.88. The molecular weight excluding hydrogens is 348 g/mol. The second-order valence-corrected chi connectivity index (χ2v) is 5.61. The van der Waals surface area contributed by atoms with E-state index in [2.05, 4.69) is 43.9 Å². The minimum atomic E-state index is 0.445. The van der Waals surface area contributed by atoms with Gasteiger partial charge >= 0.3 is 0 Å². The number of rotatable bonds is 3. The summed E-state index contributed by atoms with van der Waals surface area (Å²) in [5.41, 5.74) is 1.93. The molecule has 0 fully saturated rings. The van der Waals surface area contributed by atoms with E-state index in [1.165, 1.54) is 0 Å². The van der Waals surface area contributed by atoms with Gasteiger partial charge in [0.1, 0.15) is 0 Å². The SMILES string of the molecule is Sc1nnc(-c2ccc(Br)cc2)n1/N=C/c1ccccc1. The Morgan fingerprint density at radius 3 is 2.43 bits per heavy atom. The first-order valence-electron chi connectivity index (χ1n) is 6.24. The van der Waals surface area contributed by atoms with Gasteiger partial charge in [-0.1, -0.05) is 58.4 Å². The zero-order valence-electron chi connectivity index (χ0n) is 10.9. The first kappa shape index (κ1) is 14.0. The molecule has 0 bridgehead atoms. The maximum absolute atomic E-state index is 4.41. The molecule has 0 aliphatic carbocycles. The van der Waals surface area contributed by atoms with Crippen molar-refractivity contribution in [2.24, 2.45) is 5.10 Å². The van der Waals surface area contributed by atoms with Gasteiger partial charge in [0, 0.05) is 10.0 Å². The highest BCUT2D eigenvalue weighted by Gasteiger charge is 2.10. The van der Waals surface area contributed by atoms with E-state index in [4.69, 9.17) is 0 Å². The molecule has 0 atom stereocenters. The van der Waals surface area contributed by atoms with Crippen LogP contribution in [0.2, 0.25) is 0 Å². The van der Waals surface area contributed by atoms with Gasteiger partial charge < -0.3 is 0 Å². The zero-order chi connectivity index (χ0) is 14.7. The van der Waals surface area contributed by atoms with Gasteiger partial charge in [-0.3, -0.25) is 0 Å². The molecule has 0 saturated carbocycles. The second-order valence-electron chi connectivity index (χ2n) is 4.30. The maximum Gasteiger partial charge on any atom is 0.209 e. The molecule has 104 valence electrons.